The maximum Gasteiger partial charge on any atom is 0.416 e. The summed E-state index contributed by atoms with van der Waals surface area (Å²) in [6.07, 6.45) is 0.195. The lowest BCUT2D eigenvalue weighted by atomic mass is 9.53. The van der Waals surface area contributed by atoms with Gasteiger partial charge in [0.15, 0.2) is 0 Å². The van der Waals surface area contributed by atoms with Crippen molar-refractivity contribution in [2.24, 2.45) is 11.1 Å². The van der Waals surface area contributed by atoms with Crippen molar-refractivity contribution in [1.29, 1.82) is 5.26 Å². The zero-order chi connectivity index (χ0) is 31.2. The van der Waals surface area contributed by atoms with E-state index < -0.39 is 17.6 Å². The number of halogens is 3. The van der Waals surface area contributed by atoms with E-state index in [1.54, 1.807) is 37.4 Å². The molecule has 2 aromatic heterocycles. The van der Waals surface area contributed by atoms with E-state index in [-0.39, 0.29) is 34.9 Å². The maximum absolute atomic E-state index is 13.2. The number of pyridine rings is 1. The molecule has 2 aromatic carbocycles. The van der Waals surface area contributed by atoms with E-state index in [0.29, 0.717) is 33.0 Å². The number of hydrogen-bond acceptors (Lipinski definition) is 7. The zero-order valence-electron chi connectivity index (χ0n) is 23.4. The van der Waals surface area contributed by atoms with Crippen molar-refractivity contribution in [2.75, 3.05) is 0 Å². The monoisotopic (exact) mass is 617 g/mol. The molecule has 0 bridgehead atoms. The van der Waals surface area contributed by atoms with Crippen LogP contribution in [-0.2, 0) is 6.18 Å². The SMILES string of the molecule is Cc1nc(-c2ccc(C(F)(F)F)cc2)sc1-c1cc(C#N)cc(C(=O)NC2CC3(C2)CC(Oc2ncccc2C(N)=O)C3)c1. The van der Waals surface area contributed by atoms with Gasteiger partial charge >= 0.3 is 6.18 Å². The summed E-state index contributed by atoms with van der Waals surface area (Å²) >= 11 is 1.29. The minimum Gasteiger partial charge on any atom is -0.474 e. The van der Waals surface area contributed by atoms with Gasteiger partial charge in [-0.3, -0.25) is 9.59 Å². The fourth-order valence-electron chi connectivity index (χ4n) is 6.05. The van der Waals surface area contributed by atoms with Gasteiger partial charge in [0.05, 0.1) is 27.8 Å². The van der Waals surface area contributed by atoms with Crippen LogP contribution in [0.3, 0.4) is 0 Å². The van der Waals surface area contributed by atoms with Crippen LogP contribution in [-0.4, -0.2) is 33.9 Å². The van der Waals surface area contributed by atoms with E-state index in [2.05, 4.69) is 21.4 Å². The van der Waals surface area contributed by atoms with Gasteiger partial charge in [-0.2, -0.15) is 18.4 Å². The van der Waals surface area contributed by atoms with Crippen molar-refractivity contribution in [3.05, 3.63) is 88.7 Å². The van der Waals surface area contributed by atoms with Crippen LogP contribution < -0.4 is 15.8 Å². The van der Waals surface area contributed by atoms with Crippen molar-refractivity contribution < 1.29 is 27.5 Å². The molecule has 0 saturated heterocycles. The summed E-state index contributed by atoms with van der Waals surface area (Å²) in [7, 11) is 0. The second kappa shape index (κ2) is 11.1. The first kappa shape index (κ1) is 29.3. The Morgan fingerprint density at radius 1 is 1.09 bits per heavy atom. The number of primary amides is 1. The number of hydrogen-bond donors (Lipinski definition) is 2. The minimum absolute atomic E-state index is 0.0231. The van der Waals surface area contributed by atoms with Crippen LogP contribution in [0.15, 0.2) is 60.8 Å². The van der Waals surface area contributed by atoms with Gasteiger partial charge in [0.1, 0.15) is 16.7 Å². The summed E-state index contributed by atoms with van der Waals surface area (Å²) in [6, 6.07) is 15.0. The van der Waals surface area contributed by atoms with E-state index >= 15 is 0 Å². The quantitative estimate of drug-likeness (QED) is 0.251. The van der Waals surface area contributed by atoms with Gasteiger partial charge in [0.2, 0.25) is 5.88 Å². The fraction of sp³-hybridized carbons (Fsp3) is 0.281. The molecule has 8 nitrogen and oxygen atoms in total. The number of rotatable bonds is 7. The largest absolute Gasteiger partial charge is 0.474 e. The lowest BCUT2D eigenvalue weighted by molar-refractivity contribution is -0.137. The molecule has 0 atom stereocenters. The second-order valence-electron chi connectivity index (χ2n) is 11.4. The molecule has 2 fully saturated rings. The van der Waals surface area contributed by atoms with E-state index in [9.17, 15) is 28.0 Å². The Morgan fingerprint density at radius 2 is 1.82 bits per heavy atom. The lowest BCUT2D eigenvalue weighted by Crippen LogP contribution is -2.58. The Labute approximate surface area is 254 Å². The van der Waals surface area contributed by atoms with Crippen LogP contribution in [0, 0.1) is 23.7 Å². The molecule has 2 aliphatic carbocycles. The van der Waals surface area contributed by atoms with Crippen LogP contribution in [0.1, 0.15) is 63.2 Å². The summed E-state index contributed by atoms with van der Waals surface area (Å²) in [5.74, 6) is -0.651. The minimum atomic E-state index is -4.43. The van der Waals surface area contributed by atoms with Gasteiger partial charge in [-0.1, -0.05) is 12.1 Å². The molecular weight excluding hydrogens is 591 g/mol. The van der Waals surface area contributed by atoms with Gasteiger partial charge in [-0.05, 0) is 86.1 Å². The van der Waals surface area contributed by atoms with E-state index in [1.807, 2.05) is 0 Å². The highest BCUT2D eigenvalue weighted by molar-refractivity contribution is 7.18. The third-order valence-electron chi connectivity index (χ3n) is 8.17. The number of thiazole rings is 1. The highest BCUT2D eigenvalue weighted by atomic mass is 32.1. The Balaban J connectivity index is 1.10. The van der Waals surface area contributed by atoms with Gasteiger partial charge in [-0.15, -0.1) is 11.3 Å². The van der Waals surface area contributed by atoms with Crippen LogP contribution in [0.2, 0.25) is 0 Å². The van der Waals surface area contributed by atoms with Crippen molar-refractivity contribution >= 4 is 23.2 Å². The Bertz CT molecular complexity index is 1800. The first-order valence-electron chi connectivity index (χ1n) is 13.9. The number of alkyl halides is 3. The van der Waals surface area contributed by atoms with Gasteiger partial charge < -0.3 is 15.8 Å². The number of aromatic nitrogens is 2. The third kappa shape index (κ3) is 5.75. The average molecular weight is 618 g/mol. The molecule has 6 rings (SSSR count). The average Bonchev–Trinajstić information content (AvgIpc) is 3.35. The van der Waals surface area contributed by atoms with E-state index in [0.717, 1.165) is 42.7 Å². The van der Waals surface area contributed by atoms with E-state index in [1.165, 1.54) is 29.5 Å². The van der Waals surface area contributed by atoms with Crippen molar-refractivity contribution in [3.63, 3.8) is 0 Å². The fourth-order valence-corrected chi connectivity index (χ4v) is 7.11. The molecule has 0 unspecified atom stereocenters. The summed E-state index contributed by atoms with van der Waals surface area (Å²) in [5, 5.41) is 13.3. The zero-order valence-corrected chi connectivity index (χ0v) is 24.3. The third-order valence-corrected chi connectivity index (χ3v) is 9.43. The normalized spacial score (nSPS) is 20.7. The lowest BCUT2D eigenvalue weighted by Gasteiger charge is -2.57. The molecule has 0 radical (unpaired) electrons. The highest BCUT2D eigenvalue weighted by Gasteiger charge is 2.54. The summed E-state index contributed by atoms with van der Waals surface area (Å²) in [5.41, 5.74) is 7.46. The van der Waals surface area contributed by atoms with E-state index in [4.69, 9.17) is 10.5 Å². The number of nitrogens with two attached hydrogens (primary N) is 1. The number of nitriles is 1. The number of carbonyl (C=O) groups excluding carboxylic acids is 2. The van der Waals surface area contributed by atoms with Crippen molar-refractivity contribution in [3.8, 4) is 33.0 Å². The molecule has 2 aliphatic rings. The predicted molar refractivity (Wildman–Crippen MR) is 157 cm³/mol. The number of nitrogens with zero attached hydrogens (tertiary/aromatic N) is 3. The standard InChI is InChI=1S/C32H26F3N5O3S/c1-17-26(44-30(39-17)19-4-6-22(7-5-19)32(33,34)35)20-9-18(16-36)10-21(11-20)28(42)40-23-12-31(13-23)14-24(15-31)43-29-25(27(37)41)3-2-8-38-29/h2-11,23-24H,12-15H2,1H3,(H2,37,41)(H,40,42). The molecule has 2 saturated carbocycles. The first-order valence-corrected chi connectivity index (χ1v) is 14.7. The predicted octanol–water partition coefficient (Wildman–Crippen LogP) is 6.29. The number of carbonyl (C=O) groups is 2. The molecule has 2 heterocycles. The summed E-state index contributed by atoms with van der Waals surface area (Å²) < 4.78 is 44.9. The van der Waals surface area contributed by atoms with Gasteiger partial charge in [-0.25, -0.2) is 9.97 Å². The molecule has 0 aliphatic heterocycles. The van der Waals surface area contributed by atoms with Gasteiger partial charge in [0, 0.05) is 23.4 Å². The maximum atomic E-state index is 13.2. The smallest absolute Gasteiger partial charge is 0.416 e. The molecule has 12 heteroatoms. The molecule has 1 spiro atoms. The van der Waals surface area contributed by atoms with Crippen LogP contribution >= 0.6 is 11.3 Å². The summed E-state index contributed by atoms with van der Waals surface area (Å²) in [6.45, 7) is 1.78. The van der Waals surface area contributed by atoms with Crippen LogP contribution in [0.4, 0.5) is 13.2 Å². The Morgan fingerprint density at radius 3 is 2.48 bits per heavy atom. The van der Waals surface area contributed by atoms with Gasteiger partial charge in [0.25, 0.3) is 11.8 Å². The molecule has 44 heavy (non-hydrogen) atoms. The number of amides is 2. The highest BCUT2D eigenvalue weighted by Crippen LogP contribution is 2.57. The summed E-state index contributed by atoms with van der Waals surface area (Å²) in [4.78, 5) is 34.3. The molecule has 224 valence electrons. The van der Waals surface area contributed by atoms with Crippen LogP contribution in [0.25, 0.3) is 21.0 Å². The Kier molecular flexibility index (Phi) is 7.37. The van der Waals surface area contributed by atoms with Crippen LogP contribution in [0.5, 0.6) is 5.88 Å². The molecular formula is C32H26F3N5O3S. The van der Waals surface area contributed by atoms with Crippen molar-refractivity contribution in [1.82, 2.24) is 15.3 Å². The first-order chi connectivity index (χ1) is 20.9. The number of benzene rings is 2. The number of nitrogens with one attached hydrogen (secondary N) is 1. The molecule has 2 amide bonds. The molecule has 4 aromatic rings. The topological polar surface area (TPSA) is 131 Å². The second-order valence-corrected chi connectivity index (χ2v) is 12.4. The Hall–Kier alpha value is -4.76. The molecule has 3 N–H and O–H groups in total. The number of aryl methyl sites for hydroxylation is 1. The number of ether oxygens (including phenoxy) is 1. The van der Waals surface area contributed by atoms with Crippen molar-refractivity contribution in [2.45, 2.75) is 50.9 Å².